The van der Waals surface area contributed by atoms with Crippen molar-refractivity contribution in [3.8, 4) is 0 Å². The molecule has 0 heterocycles. The van der Waals surface area contributed by atoms with Gasteiger partial charge in [-0.05, 0) is 26.0 Å². The zero-order chi connectivity index (χ0) is 11.4. The van der Waals surface area contributed by atoms with Gasteiger partial charge in [-0.25, -0.2) is 4.79 Å². The molecule has 82 valence electrons. The van der Waals surface area contributed by atoms with Crippen molar-refractivity contribution < 1.29 is 15.0 Å². The number of aliphatic hydroxyl groups excluding tert-OH is 1. The number of benzene rings is 1. The number of hydrogen-bond acceptors (Lipinski definition) is 3. The molecule has 1 atom stereocenters. The molecule has 0 aromatic heterocycles. The lowest BCUT2D eigenvalue weighted by molar-refractivity contribution is 0.0697. The molecule has 0 amide bonds. The molecular formula is C11H15NO3. The molecule has 0 fully saturated rings. The van der Waals surface area contributed by atoms with Gasteiger partial charge in [-0.3, -0.25) is 0 Å². The molecule has 4 nitrogen and oxygen atoms in total. The van der Waals surface area contributed by atoms with Crippen molar-refractivity contribution in [2.24, 2.45) is 0 Å². The molecule has 1 rings (SSSR count). The van der Waals surface area contributed by atoms with Crippen molar-refractivity contribution in [2.45, 2.75) is 19.9 Å². The lowest BCUT2D eigenvalue weighted by Crippen LogP contribution is -2.21. The highest BCUT2D eigenvalue weighted by atomic mass is 16.4. The predicted molar refractivity (Wildman–Crippen MR) is 58.3 cm³/mol. The monoisotopic (exact) mass is 209 g/mol. The smallest absolute Gasteiger partial charge is 0.337 e. The van der Waals surface area contributed by atoms with E-state index >= 15 is 0 Å². The van der Waals surface area contributed by atoms with Crippen LogP contribution in [0.1, 0.15) is 22.8 Å². The standard InChI is InChI=1S/C11H15NO3/c1-7-3-4-10(12-8(2)6-13)9(5-7)11(14)15/h3-5,8,12-13H,6H2,1-2H3,(H,14,15). The third-order valence-corrected chi connectivity index (χ3v) is 2.08. The third kappa shape index (κ3) is 2.95. The van der Waals surface area contributed by atoms with Gasteiger partial charge in [0, 0.05) is 11.7 Å². The number of hydrogen-bond donors (Lipinski definition) is 3. The fraction of sp³-hybridized carbons (Fsp3) is 0.364. The van der Waals surface area contributed by atoms with E-state index in [9.17, 15) is 4.79 Å². The first-order valence-electron chi connectivity index (χ1n) is 4.76. The molecule has 0 radical (unpaired) electrons. The van der Waals surface area contributed by atoms with Crippen LogP contribution >= 0.6 is 0 Å². The Bertz CT molecular complexity index is 363. The van der Waals surface area contributed by atoms with E-state index in [1.54, 1.807) is 19.1 Å². The maximum atomic E-state index is 10.9. The Hall–Kier alpha value is -1.55. The van der Waals surface area contributed by atoms with E-state index < -0.39 is 5.97 Å². The van der Waals surface area contributed by atoms with E-state index in [1.165, 1.54) is 0 Å². The molecule has 0 aliphatic heterocycles. The Balaban J connectivity index is 3.01. The normalized spacial score (nSPS) is 12.2. The van der Waals surface area contributed by atoms with E-state index in [1.807, 2.05) is 13.0 Å². The average molecular weight is 209 g/mol. The molecule has 0 saturated heterocycles. The van der Waals surface area contributed by atoms with E-state index in [4.69, 9.17) is 10.2 Å². The van der Waals surface area contributed by atoms with Crippen LogP contribution in [0.5, 0.6) is 0 Å². The Kier molecular flexibility index (Phi) is 3.68. The van der Waals surface area contributed by atoms with Crippen molar-refractivity contribution in [3.63, 3.8) is 0 Å². The number of rotatable bonds is 4. The number of aryl methyl sites for hydroxylation is 1. The van der Waals surface area contributed by atoms with Gasteiger partial charge in [0.25, 0.3) is 0 Å². The van der Waals surface area contributed by atoms with Crippen molar-refractivity contribution in [2.75, 3.05) is 11.9 Å². The highest BCUT2D eigenvalue weighted by molar-refractivity contribution is 5.94. The van der Waals surface area contributed by atoms with E-state index in [2.05, 4.69) is 5.32 Å². The fourth-order valence-electron chi connectivity index (χ4n) is 1.27. The summed E-state index contributed by atoms with van der Waals surface area (Å²) in [6.07, 6.45) is 0. The van der Waals surface area contributed by atoms with Crippen LogP contribution in [0.2, 0.25) is 0 Å². The lowest BCUT2D eigenvalue weighted by Gasteiger charge is -2.14. The maximum absolute atomic E-state index is 10.9. The molecule has 0 aliphatic rings. The van der Waals surface area contributed by atoms with Gasteiger partial charge in [0.2, 0.25) is 0 Å². The Morgan fingerprint density at radius 2 is 2.20 bits per heavy atom. The number of aromatic carboxylic acids is 1. The molecule has 0 saturated carbocycles. The van der Waals surface area contributed by atoms with E-state index in [0.29, 0.717) is 5.69 Å². The number of anilines is 1. The Morgan fingerprint density at radius 1 is 1.53 bits per heavy atom. The van der Waals surface area contributed by atoms with Crippen LogP contribution in [0.25, 0.3) is 0 Å². The van der Waals surface area contributed by atoms with Gasteiger partial charge >= 0.3 is 5.97 Å². The van der Waals surface area contributed by atoms with Crippen LogP contribution in [0.3, 0.4) is 0 Å². The highest BCUT2D eigenvalue weighted by Crippen LogP contribution is 2.18. The number of carbonyl (C=O) groups is 1. The summed E-state index contributed by atoms with van der Waals surface area (Å²) in [5.41, 5.74) is 1.67. The van der Waals surface area contributed by atoms with Crippen LogP contribution in [0, 0.1) is 6.92 Å². The second-order valence-corrected chi connectivity index (χ2v) is 3.58. The minimum atomic E-state index is -0.966. The number of nitrogens with one attached hydrogen (secondary N) is 1. The van der Waals surface area contributed by atoms with Crippen LogP contribution in [-0.4, -0.2) is 28.8 Å². The van der Waals surface area contributed by atoms with Gasteiger partial charge in [0.05, 0.1) is 12.2 Å². The minimum absolute atomic E-state index is 0.0348. The topological polar surface area (TPSA) is 69.6 Å². The molecule has 4 heteroatoms. The van der Waals surface area contributed by atoms with E-state index in [-0.39, 0.29) is 18.2 Å². The summed E-state index contributed by atoms with van der Waals surface area (Å²) in [4.78, 5) is 10.9. The molecule has 15 heavy (non-hydrogen) atoms. The second kappa shape index (κ2) is 4.79. The number of carboxylic acid groups (broad SMARTS) is 1. The first kappa shape index (κ1) is 11.5. The molecule has 3 N–H and O–H groups in total. The summed E-state index contributed by atoms with van der Waals surface area (Å²) >= 11 is 0. The lowest BCUT2D eigenvalue weighted by atomic mass is 10.1. The summed E-state index contributed by atoms with van der Waals surface area (Å²) in [6.45, 7) is 3.59. The molecule has 1 aromatic carbocycles. The first-order valence-corrected chi connectivity index (χ1v) is 4.76. The maximum Gasteiger partial charge on any atom is 0.337 e. The van der Waals surface area contributed by atoms with Crippen molar-refractivity contribution in [3.05, 3.63) is 29.3 Å². The van der Waals surface area contributed by atoms with Gasteiger partial charge in [0.15, 0.2) is 0 Å². The number of carboxylic acids is 1. The summed E-state index contributed by atoms with van der Waals surface area (Å²) < 4.78 is 0. The molecule has 0 spiro atoms. The fourth-order valence-corrected chi connectivity index (χ4v) is 1.27. The van der Waals surface area contributed by atoms with Crippen LogP contribution in [0.15, 0.2) is 18.2 Å². The summed E-state index contributed by atoms with van der Waals surface area (Å²) in [7, 11) is 0. The highest BCUT2D eigenvalue weighted by Gasteiger charge is 2.11. The third-order valence-electron chi connectivity index (χ3n) is 2.08. The van der Waals surface area contributed by atoms with Crippen molar-refractivity contribution >= 4 is 11.7 Å². The van der Waals surface area contributed by atoms with Gasteiger partial charge in [0.1, 0.15) is 0 Å². The zero-order valence-electron chi connectivity index (χ0n) is 8.82. The van der Waals surface area contributed by atoms with Crippen LogP contribution < -0.4 is 5.32 Å². The predicted octanol–water partition coefficient (Wildman–Crippen LogP) is 1.49. The van der Waals surface area contributed by atoms with Crippen molar-refractivity contribution in [1.29, 1.82) is 0 Å². The first-order chi connectivity index (χ1) is 7.04. The van der Waals surface area contributed by atoms with Gasteiger partial charge in [-0.15, -0.1) is 0 Å². The second-order valence-electron chi connectivity index (χ2n) is 3.58. The van der Waals surface area contributed by atoms with Gasteiger partial charge in [-0.2, -0.15) is 0 Å². The molecule has 1 unspecified atom stereocenters. The summed E-state index contributed by atoms with van der Waals surface area (Å²) in [5, 5.41) is 20.8. The van der Waals surface area contributed by atoms with Crippen LogP contribution in [0.4, 0.5) is 5.69 Å². The number of aliphatic hydroxyl groups is 1. The zero-order valence-corrected chi connectivity index (χ0v) is 8.82. The summed E-state index contributed by atoms with van der Waals surface area (Å²) in [6, 6.07) is 4.99. The van der Waals surface area contributed by atoms with Crippen molar-refractivity contribution in [1.82, 2.24) is 0 Å². The minimum Gasteiger partial charge on any atom is -0.478 e. The molecule has 0 aliphatic carbocycles. The van der Waals surface area contributed by atoms with E-state index in [0.717, 1.165) is 5.56 Å². The SMILES string of the molecule is Cc1ccc(NC(C)CO)c(C(=O)O)c1. The quantitative estimate of drug-likeness (QED) is 0.702. The Morgan fingerprint density at radius 3 is 2.73 bits per heavy atom. The molecule has 0 bridgehead atoms. The molecule has 1 aromatic rings. The Labute approximate surface area is 88.6 Å². The largest absolute Gasteiger partial charge is 0.478 e. The molecular weight excluding hydrogens is 194 g/mol. The van der Waals surface area contributed by atoms with Crippen LogP contribution in [-0.2, 0) is 0 Å². The summed E-state index contributed by atoms with van der Waals surface area (Å²) in [5.74, 6) is -0.966. The van der Waals surface area contributed by atoms with Gasteiger partial charge in [-0.1, -0.05) is 11.6 Å². The average Bonchev–Trinajstić information content (AvgIpc) is 2.20. The van der Waals surface area contributed by atoms with Gasteiger partial charge < -0.3 is 15.5 Å².